The number of halogens is 1. The minimum Gasteiger partial charge on any atom is -0.352 e. The number of anilines is 1. The molecule has 2 heterocycles. The SMILES string of the molecule is CC1CC(CN)CN1c1nc[nH]c(=O)c1I. The van der Waals surface area contributed by atoms with Crippen LogP contribution in [-0.4, -0.2) is 29.1 Å². The third-order valence-corrected chi connectivity index (χ3v) is 4.02. The predicted octanol–water partition coefficient (Wildman–Crippen LogP) is 0.548. The number of nitrogens with zero attached hydrogens (tertiary/aromatic N) is 2. The molecule has 1 saturated heterocycles. The van der Waals surface area contributed by atoms with Gasteiger partial charge in [-0.3, -0.25) is 4.79 Å². The van der Waals surface area contributed by atoms with Crippen molar-refractivity contribution in [2.45, 2.75) is 19.4 Å². The second kappa shape index (κ2) is 4.70. The van der Waals surface area contributed by atoms with E-state index in [-0.39, 0.29) is 5.56 Å². The van der Waals surface area contributed by atoms with E-state index < -0.39 is 0 Å². The van der Waals surface area contributed by atoms with E-state index in [2.05, 4.69) is 21.8 Å². The van der Waals surface area contributed by atoms with Gasteiger partial charge in [0.1, 0.15) is 9.39 Å². The lowest BCUT2D eigenvalue weighted by Gasteiger charge is -2.23. The van der Waals surface area contributed by atoms with Crippen molar-refractivity contribution in [3.05, 3.63) is 20.3 Å². The molecule has 0 saturated carbocycles. The molecule has 2 rings (SSSR count). The van der Waals surface area contributed by atoms with Crippen LogP contribution in [0.15, 0.2) is 11.1 Å². The number of aromatic nitrogens is 2. The first-order valence-electron chi connectivity index (χ1n) is 5.33. The molecule has 5 nitrogen and oxygen atoms in total. The van der Waals surface area contributed by atoms with E-state index in [1.54, 1.807) is 0 Å². The number of H-pyrrole nitrogens is 1. The van der Waals surface area contributed by atoms with E-state index in [1.807, 2.05) is 22.6 Å². The second-order valence-corrected chi connectivity index (χ2v) is 5.29. The lowest BCUT2D eigenvalue weighted by Crippen LogP contribution is -2.31. The number of hydrogen-bond donors (Lipinski definition) is 2. The maximum absolute atomic E-state index is 11.5. The Kier molecular flexibility index (Phi) is 3.48. The molecule has 0 spiro atoms. The van der Waals surface area contributed by atoms with Crippen molar-refractivity contribution in [1.29, 1.82) is 0 Å². The Hall–Kier alpha value is -0.630. The molecule has 0 bridgehead atoms. The van der Waals surface area contributed by atoms with Crippen molar-refractivity contribution in [1.82, 2.24) is 9.97 Å². The zero-order valence-electron chi connectivity index (χ0n) is 9.11. The van der Waals surface area contributed by atoms with Gasteiger partial charge in [0, 0.05) is 12.6 Å². The number of aromatic amines is 1. The predicted molar refractivity (Wildman–Crippen MR) is 71.5 cm³/mol. The molecule has 1 fully saturated rings. The van der Waals surface area contributed by atoms with Gasteiger partial charge in [0.05, 0.1) is 6.33 Å². The zero-order chi connectivity index (χ0) is 11.7. The average molecular weight is 334 g/mol. The molecule has 2 atom stereocenters. The largest absolute Gasteiger partial charge is 0.352 e. The summed E-state index contributed by atoms with van der Waals surface area (Å²) in [5, 5.41) is 0. The quantitative estimate of drug-likeness (QED) is 0.775. The highest BCUT2D eigenvalue weighted by Gasteiger charge is 2.30. The highest BCUT2D eigenvalue weighted by Crippen LogP contribution is 2.28. The number of nitrogens with two attached hydrogens (primary N) is 1. The van der Waals surface area contributed by atoms with Gasteiger partial charge in [0.2, 0.25) is 0 Å². The molecule has 1 aliphatic heterocycles. The first-order valence-corrected chi connectivity index (χ1v) is 6.41. The van der Waals surface area contributed by atoms with E-state index in [0.29, 0.717) is 22.1 Å². The molecule has 16 heavy (non-hydrogen) atoms. The summed E-state index contributed by atoms with van der Waals surface area (Å²) < 4.78 is 0.657. The van der Waals surface area contributed by atoms with E-state index >= 15 is 0 Å². The van der Waals surface area contributed by atoms with Crippen LogP contribution in [0.2, 0.25) is 0 Å². The fraction of sp³-hybridized carbons (Fsp3) is 0.600. The minimum atomic E-state index is -0.0750. The summed E-state index contributed by atoms with van der Waals surface area (Å²) in [6.45, 7) is 3.74. The molecule has 0 aliphatic carbocycles. The van der Waals surface area contributed by atoms with Crippen LogP contribution < -0.4 is 16.2 Å². The van der Waals surface area contributed by atoms with Crippen LogP contribution in [0.5, 0.6) is 0 Å². The van der Waals surface area contributed by atoms with Gasteiger partial charge in [-0.15, -0.1) is 0 Å². The summed E-state index contributed by atoms with van der Waals surface area (Å²) in [5.41, 5.74) is 5.61. The fourth-order valence-electron chi connectivity index (χ4n) is 2.18. The van der Waals surface area contributed by atoms with Gasteiger partial charge in [0.25, 0.3) is 5.56 Å². The molecule has 88 valence electrons. The summed E-state index contributed by atoms with van der Waals surface area (Å²) in [4.78, 5) is 20.5. The van der Waals surface area contributed by atoms with E-state index in [1.165, 1.54) is 6.33 Å². The molecule has 6 heteroatoms. The lowest BCUT2D eigenvalue weighted by molar-refractivity contribution is 0.579. The molecule has 0 radical (unpaired) electrons. The Balaban J connectivity index is 2.31. The third-order valence-electron chi connectivity index (χ3n) is 3.04. The number of hydrogen-bond acceptors (Lipinski definition) is 4. The van der Waals surface area contributed by atoms with Gasteiger partial charge in [-0.1, -0.05) is 0 Å². The van der Waals surface area contributed by atoms with Crippen molar-refractivity contribution >= 4 is 28.4 Å². The van der Waals surface area contributed by atoms with Crippen LogP contribution >= 0.6 is 22.6 Å². The fourth-order valence-corrected chi connectivity index (χ4v) is 2.79. The summed E-state index contributed by atoms with van der Waals surface area (Å²) >= 11 is 2.04. The summed E-state index contributed by atoms with van der Waals surface area (Å²) in [7, 11) is 0. The maximum Gasteiger partial charge on any atom is 0.266 e. The van der Waals surface area contributed by atoms with E-state index in [9.17, 15) is 4.79 Å². The van der Waals surface area contributed by atoms with E-state index in [0.717, 1.165) is 18.8 Å². The maximum atomic E-state index is 11.5. The van der Waals surface area contributed by atoms with Gasteiger partial charge < -0.3 is 15.6 Å². The first kappa shape index (κ1) is 11.8. The van der Waals surface area contributed by atoms with Crippen molar-refractivity contribution in [2.24, 2.45) is 11.7 Å². The van der Waals surface area contributed by atoms with Gasteiger partial charge in [-0.05, 0) is 48.4 Å². The monoisotopic (exact) mass is 334 g/mol. The third kappa shape index (κ3) is 2.08. The van der Waals surface area contributed by atoms with Crippen molar-refractivity contribution in [3.63, 3.8) is 0 Å². The molecule has 1 aromatic rings. The molecular formula is C10H15IN4O. The normalized spacial score (nSPS) is 25.1. The molecular weight excluding hydrogens is 319 g/mol. The summed E-state index contributed by atoms with van der Waals surface area (Å²) in [6, 6.07) is 0.399. The average Bonchev–Trinajstić information content (AvgIpc) is 2.64. The molecule has 0 aromatic carbocycles. The standard InChI is InChI=1S/C10H15IN4O/c1-6-2-7(3-12)4-15(6)9-8(11)10(16)14-5-13-9/h5-7H,2-4,12H2,1H3,(H,13,14,16). The van der Waals surface area contributed by atoms with Gasteiger partial charge >= 0.3 is 0 Å². The Morgan fingerprint density at radius 1 is 1.75 bits per heavy atom. The van der Waals surface area contributed by atoms with Crippen molar-refractivity contribution < 1.29 is 0 Å². The lowest BCUT2D eigenvalue weighted by atomic mass is 10.1. The zero-order valence-corrected chi connectivity index (χ0v) is 11.3. The van der Waals surface area contributed by atoms with Gasteiger partial charge in [0.15, 0.2) is 0 Å². The van der Waals surface area contributed by atoms with Crippen LogP contribution in [0.25, 0.3) is 0 Å². The topological polar surface area (TPSA) is 75.0 Å². The Bertz CT molecular complexity index is 433. The highest BCUT2D eigenvalue weighted by molar-refractivity contribution is 14.1. The van der Waals surface area contributed by atoms with Crippen LogP contribution in [0.4, 0.5) is 5.82 Å². The van der Waals surface area contributed by atoms with Crippen molar-refractivity contribution in [2.75, 3.05) is 18.0 Å². The summed E-state index contributed by atoms with van der Waals surface area (Å²) in [5.74, 6) is 1.29. The molecule has 3 N–H and O–H groups in total. The smallest absolute Gasteiger partial charge is 0.266 e. The second-order valence-electron chi connectivity index (χ2n) is 4.21. The molecule has 2 unspecified atom stereocenters. The van der Waals surface area contributed by atoms with Crippen LogP contribution in [0.1, 0.15) is 13.3 Å². The Labute approximate surface area is 108 Å². The molecule has 1 aliphatic rings. The number of rotatable bonds is 2. The first-order chi connectivity index (χ1) is 7.63. The van der Waals surface area contributed by atoms with Crippen LogP contribution in [-0.2, 0) is 0 Å². The van der Waals surface area contributed by atoms with E-state index in [4.69, 9.17) is 5.73 Å². The van der Waals surface area contributed by atoms with Crippen molar-refractivity contribution in [3.8, 4) is 0 Å². The van der Waals surface area contributed by atoms with Crippen LogP contribution in [0.3, 0.4) is 0 Å². The Morgan fingerprint density at radius 3 is 3.12 bits per heavy atom. The highest BCUT2D eigenvalue weighted by atomic mass is 127. The number of nitrogens with one attached hydrogen (secondary N) is 1. The Morgan fingerprint density at radius 2 is 2.50 bits per heavy atom. The summed E-state index contributed by atoms with van der Waals surface area (Å²) in [6.07, 6.45) is 2.53. The molecule has 1 aromatic heterocycles. The van der Waals surface area contributed by atoms with Gasteiger partial charge in [-0.2, -0.15) is 0 Å². The van der Waals surface area contributed by atoms with Gasteiger partial charge in [-0.25, -0.2) is 4.98 Å². The minimum absolute atomic E-state index is 0.0750. The molecule has 0 amide bonds. The van der Waals surface area contributed by atoms with Crippen LogP contribution in [0, 0.1) is 9.49 Å².